The van der Waals surface area contributed by atoms with Crippen molar-refractivity contribution < 1.29 is 4.74 Å². The Bertz CT molecular complexity index is 1090. The summed E-state index contributed by atoms with van der Waals surface area (Å²) in [7, 11) is 0. The molecule has 0 atom stereocenters. The molecular weight excluding hydrogens is 344 g/mol. The fourth-order valence-corrected chi connectivity index (χ4v) is 4.37. The first kappa shape index (κ1) is 16.9. The molecular formula is C25H24N2O. The minimum atomic E-state index is 0.637. The van der Waals surface area contributed by atoms with Gasteiger partial charge < -0.3 is 15.5 Å². The predicted molar refractivity (Wildman–Crippen MR) is 116 cm³/mol. The molecule has 3 nitrogen and oxygen atoms in total. The lowest BCUT2D eigenvalue weighted by molar-refractivity contribution is 0.483. The van der Waals surface area contributed by atoms with E-state index in [2.05, 4.69) is 35.4 Å². The normalized spacial score (nSPS) is 14.6. The van der Waals surface area contributed by atoms with Crippen LogP contribution in [0.5, 0.6) is 11.5 Å². The van der Waals surface area contributed by atoms with Crippen LogP contribution >= 0.6 is 0 Å². The molecule has 0 unspecified atom stereocenters. The maximum atomic E-state index is 6.23. The molecule has 1 aromatic heterocycles. The number of benzene rings is 3. The average Bonchev–Trinajstić information content (AvgIpc) is 3.39. The SMILES string of the molecule is Nc1[nH]cc2c(C3CCCC3)cc(-c3ccc(Oc4ccccc4)cc3)cc12. The van der Waals surface area contributed by atoms with Crippen molar-refractivity contribution in [1.29, 1.82) is 0 Å². The molecule has 1 fully saturated rings. The van der Waals surface area contributed by atoms with E-state index in [1.54, 1.807) is 0 Å². The zero-order valence-corrected chi connectivity index (χ0v) is 15.8. The molecule has 5 rings (SSSR count). The first-order chi connectivity index (χ1) is 13.8. The number of para-hydroxylation sites is 1. The predicted octanol–water partition coefficient (Wildman–Crippen LogP) is 6.87. The van der Waals surface area contributed by atoms with Gasteiger partial charge in [0.2, 0.25) is 0 Å². The Morgan fingerprint density at radius 3 is 2.25 bits per heavy atom. The topological polar surface area (TPSA) is 51.0 Å². The third-order valence-corrected chi connectivity index (χ3v) is 5.84. The Morgan fingerprint density at radius 1 is 0.786 bits per heavy atom. The quantitative estimate of drug-likeness (QED) is 0.413. The maximum absolute atomic E-state index is 6.23. The summed E-state index contributed by atoms with van der Waals surface area (Å²) in [6.07, 6.45) is 7.25. The van der Waals surface area contributed by atoms with Crippen molar-refractivity contribution in [3.63, 3.8) is 0 Å². The summed E-state index contributed by atoms with van der Waals surface area (Å²) in [6.45, 7) is 0. The molecule has 140 valence electrons. The van der Waals surface area contributed by atoms with E-state index in [9.17, 15) is 0 Å². The van der Waals surface area contributed by atoms with Crippen LogP contribution in [0.15, 0.2) is 72.9 Å². The number of nitrogen functional groups attached to an aromatic ring is 1. The van der Waals surface area contributed by atoms with Gasteiger partial charge in [-0.25, -0.2) is 0 Å². The molecule has 1 aliphatic rings. The van der Waals surface area contributed by atoms with Gasteiger partial charge in [-0.3, -0.25) is 0 Å². The van der Waals surface area contributed by atoms with Crippen LogP contribution in [0, 0.1) is 0 Å². The fraction of sp³-hybridized carbons (Fsp3) is 0.200. The smallest absolute Gasteiger partial charge is 0.127 e. The molecule has 0 aliphatic heterocycles. The second-order valence-corrected chi connectivity index (χ2v) is 7.65. The Kier molecular flexibility index (Phi) is 4.28. The van der Waals surface area contributed by atoms with Crippen LogP contribution in [-0.4, -0.2) is 4.98 Å². The highest BCUT2D eigenvalue weighted by Gasteiger charge is 2.21. The number of nitrogens with two attached hydrogens (primary N) is 1. The Balaban J connectivity index is 1.51. The van der Waals surface area contributed by atoms with Crippen LogP contribution in [0.25, 0.3) is 21.9 Å². The highest BCUT2D eigenvalue weighted by molar-refractivity contribution is 5.97. The molecule has 1 aliphatic carbocycles. The average molecular weight is 368 g/mol. The number of aromatic amines is 1. The molecule has 0 radical (unpaired) electrons. The monoisotopic (exact) mass is 368 g/mol. The number of fused-ring (bicyclic) bond motifs is 1. The number of rotatable bonds is 4. The van der Waals surface area contributed by atoms with Crippen LogP contribution in [-0.2, 0) is 0 Å². The minimum Gasteiger partial charge on any atom is -0.457 e. The van der Waals surface area contributed by atoms with Crippen LogP contribution in [0.1, 0.15) is 37.2 Å². The van der Waals surface area contributed by atoms with Gasteiger partial charge in [0.15, 0.2) is 0 Å². The number of anilines is 1. The van der Waals surface area contributed by atoms with E-state index in [0.717, 1.165) is 22.7 Å². The molecule has 3 N–H and O–H groups in total. The molecule has 0 saturated heterocycles. The molecule has 0 spiro atoms. The lowest BCUT2D eigenvalue weighted by Gasteiger charge is -2.14. The van der Waals surface area contributed by atoms with Gasteiger partial charge in [-0.05, 0) is 65.8 Å². The van der Waals surface area contributed by atoms with Crippen molar-refractivity contribution in [2.45, 2.75) is 31.6 Å². The summed E-state index contributed by atoms with van der Waals surface area (Å²) in [5.41, 5.74) is 10.1. The maximum Gasteiger partial charge on any atom is 0.127 e. The second kappa shape index (κ2) is 7.08. The lowest BCUT2D eigenvalue weighted by atomic mass is 9.90. The molecule has 1 heterocycles. The summed E-state index contributed by atoms with van der Waals surface area (Å²) in [4.78, 5) is 3.21. The Labute approximate surface area is 165 Å². The van der Waals surface area contributed by atoms with E-state index < -0.39 is 0 Å². The van der Waals surface area contributed by atoms with Crippen molar-refractivity contribution in [3.8, 4) is 22.6 Å². The molecule has 3 aromatic carbocycles. The van der Waals surface area contributed by atoms with E-state index in [0.29, 0.717) is 5.92 Å². The van der Waals surface area contributed by atoms with Gasteiger partial charge in [0.05, 0.1) is 0 Å². The summed E-state index contributed by atoms with van der Waals surface area (Å²) in [6, 6.07) is 22.7. The summed E-state index contributed by atoms with van der Waals surface area (Å²) >= 11 is 0. The van der Waals surface area contributed by atoms with Crippen molar-refractivity contribution in [2.24, 2.45) is 0 Å². The molecule has 0 bridgehead atoms. The third-order valence-electron chi connectivity index (χ3n) is 5.84. The van der Waals surface area contributed by atoms with Gasteiger partial charge in [0, 0.05) is 17.0 Å². The highest BCUT2D eigenvalue weighted by Crippen LogP contribution is 2.41. The number of ether oxygens (including phenoxy) is 1. The van der Waals surface area contributed by atoms with E-state index in [4.69, 9.17) is 10.5 Å². The highest BCUT2D eigenvalue weighted by atomic mass is 16.5. The molecule has 1 saturated carbocycles. The van der Waals surface area contributed by atoms with Crippen LogP contribution < -0.4 is 10.5 Å². The van der Waals surface area contributed by atoms with E-state index in [1.807, 2.05) is 42.5 Å². The number of hydrogen-bond acceptors (Lipinski definition) is 2. The van der Waals surface area contributed by atoms with Gasteiger partial charge in [-0.1, -0.05) is 49.2 Å². The third kappa shape index (κ3) is 3.13. The first-order valence-electron chi connectivity index (χ1n) is 10.0. The van der Waals surface area contributed by atoms with Crippen molar-refractivity contribution in [2.75, 3.05) is 5.73 Å². The van der Waals surface area contributed by atoms with Crippen molar-refractivity contribution >= 4 is 16.6 Å². The zero-order valence-electron chi connectivity index (χ0n) is 15.8. The first-order valence-corrected chi connectivity index (χ1v) is 10.0. The molecule has 0 amide bonds. The largest absolute Gasteiger partial charge is 0.457 e. The van der Waals surface area contributed by atoms with E-state index in [-0.39, 0.29) is 0 Å². The minimum absolute atomic E-state index is 0.637. The summed E-state index contributed by atoms with van der Waals surface area (Å²) < 4.78 is 5.93. The van der Waals surface area contributed by atoms with Gasteiger partial charge in [0.1, 0.15) is 17.3 Å². The van der Waals surface area contributed by atoms with E-state index >= 15 is 0 Å². The van der Waals surface area contributed by atoms with Gasteiger partial charge in [-0.2, -0.15) is 0 Å². The molecule has 4 aromatic rings. The zero-order chi connectivity index (χ0) is 18.9. The number of nitrogens with one attached hydrogen (secondary N) is 1. The van der Waals surface area contributed by atoms with Crippen molar-refractivity contribution in [1.82, 2.24) is 4.98 Å². The molecule has 28 heavy (non-hydrogen) atoms. The van der Waals surface area contributed by atoms with Crippen LogP contribution in [0.2, 0.25) is 0 Å². The fourth-order valence-electron chi connectivity index (χ4n) is 4.37. The Hall–Kier alpha value is -3.20. The number of aromatic nitrogens is 1. The second-order valence-electron chi connectivity index (χ2n) is 7.65. The standard InChI is InChI=1S/C25H24N2O/c26-25-23-15-19(14-22(24(23)16-27-25)18-6-4-5-7-18)17-10-12-21(13-11-17)28-20-8-2-1-3-9-20/h1-3,8-16,18,27H,4-7,26H2. The molecule has 3 heteroatoms. The van der Waals surface area contributed by atoms with Crippen LogP contribution in [0.3, 0.4) is 0 Å². The Morgan fingerprint density at radius 2 is 1.50 bits per heavy atom. The van der Waals surface area contributed by atoms with E-state index in [1.165, 1.54) is 47.8 Å². The van der Waals surface area contributed by atoms with Crippen LogP contribution in [0.4, 0.5) is 5.82 Å². The summed E-state index contributed by atoms with van der Waals surface area (Å²) in [5.74, 6) is 3.08. The van der Waals surface area contributed by atoms with Gasteiger partial charge >= 0.3 is 0 Å². The number of H-pyrrole nitrogens is 1. The van der Waals surface area contributed by atoms with Gasteiger partial charge in [0.25, 0.3) is 0 Å². The van der Waals surface area contributed by atoms with Crippen molar-refractivity contribution in [3.05, 3.63) is 78.5 Å². The van der Waals surface area contributed by atoms with Gasteiger partial charge in [-0.15, -0.1) is 0 Å². The number of hydrogen-bond donors (Lipinski definition) is 2. The lowest BCUT2D eigenvalue weighted by Crippen LogP contribution is -1.95. The summed E-state index contributed by atoms with van der Waals surface area (Å²) in [5, 5.41) is 2.40.